The Labute approximate surface area is 205 Å². The number of nitrogens with zero attached hydrogens (tertiary/aromatic N) is 2. The molecule has 12 heteroatoms. The van der Waals surface area contributed by atoms with Gasteiger partial charge in [0.2, 0.25) is 0 Å². The van der Waals surface area contributed by atoms with Gasteiger partial charge in [-0.3, -0.25) is 9.59 Å². The van der Waals surface area contributed by atoms with Gasteiger partial charge in [0.15, 0.2) is 0 Å². The van der Waals surface area contributed by atoms with Gasteiger partial charge in [-0.25, -0.2) is 0 Å². The summed E-state index contributed by atoms with van der Waals surface area (Å²) in [4.78, 5) is 53.0. The Morgan fingerprint density at radius 1 is 1.09 bits per heavy atom. The number of unbranched alkanes of at least 4 members (excludes halogenated alkanes) is 5. The Bertz CT molecular complexity index is 682. The van der Waals surface area contributed by atoms with Gasteiger partial charge in [-0.2, -0.15) is 0 Å². The van der Waals surface area contributed by atoms with E-state index in [9.17, 15) is 34.9 Å². The lowest BCUT2D eigenvalue weighted by molar-refractivity contribution is -0.768. The van der Waals surface area contributed by atoms with Crippen molar-refractivity contribution in [3.05, 3.63) is 32.4 Å². The maximum absolute atomic E-state index is 12.3. The number of allylic oxidation sites excluding steroid dienone is 1. The second kappa shape index (κ2) is 17.6. The van der Waals surface area contributed by atoms with E-state index in [4.69, 9.17) is 4.74 Å². The highest BCUT2D eigenvalue weighted by Gasteiger charge is 2.32. The number of hydrogen-bond donors (Lipinski definition) is 1. The summed E-state index contributed by atoms with van der Waals surface area (Å²) in [5.74, 6) is -0.243. The van der Waals surface area contributed by atoms with Crippen molar-refractivity contribution in [1.29, 1.82) is 0 Å². The predicted octanol–water partition coefficient (Wildman–Crippen LogP) is 3.75. The molecule has 1 rings (SSSR count). The number of rotatable bonds is 20. The van der Waals surface area contributed by atoms with E-state index in [0.29, 0.717) is 12.8 Å². The first-order valence-corrected chi connectivity index (χ1v) is 12.4. The first-order chi connectivity index (χ1) is 16.7. The number of ketones is 1. The molecule has 0 aromatic rings. The molecule has 1 saturated carbocycles. The lowest BCUT2D eigenvalue weighted by Crippen LogP contribution is -2.30. The van der Waals surface area contributed by atoms with Gasteiger partial charge < -0.3 is 19.5 Å². The van der Waals surface area contributed by atoms with Crippen LogP contribution < -0.4 is 0 Å². The topological polar surface area (TPSA) is 168 Å². The van der Waals surface area contributed by atoms with Crippen LogP contribution in [0.15, 0.2) is 12.2 Å². The largest absolute Gasteiger partial charge is 0.458 e. The van der Waals surface area contributed by atoms with E-state index in [1.165, 1.54) is 0 Å². The van der Waals surface area contributed by atoms with Crippen molar-refractivity contribution in [2.75, 3.05) is 13.2 Å². The maximum Gasteiger partial charge on any atom is 0.306 e. The van der Waals surface area contributed by atoms with Gasteiger partial charge in [0, 0.05) is 18.8 Å². The fourth-order valence-electron chi connectivity index (χ4n) is 4.15. The van der Waals surface area contributed by atoms with Crippen molar-refractivity contribution in [2.24, 2.45) is 11.8 Å². The van der Waals surface area contributed by atoms with Crippen LogP contribution in [-0.4, -0.2) is 52.5 Å². The van der Waals surface area contributed by atoms with Crippen molar-refractivity contribution in [3.8, 4) is 0 Å². The summed E-state index contributed by atoms with van der Waals surface area (Å²) >= 11 is 0. The summed E-state index contributed by atoms with van der Waals surface area (Å²) < 4.78 is 4.97. The second-order valence-electron chi connectivity index (χ2n) is 8.83. The number of aliphatic hydroxyl groups excluding tert-OH is 1. The van der Waals surface area contributed by atoms with Gasteiger partial charge >= 0.3 is 5.97 Å². The number of Topliss-reactive ketones (excluding diaryl/α,β-unsaturated/α-hetero) is 1. The van der Waals surface area contributed by atoms with Crippen molar-refractivity contribution in [1.82, 2.24) is 0 Å². The molecule has 0 aromatic carbocycles. The molecular formula is C23H38N2O10. The normalized spacial score (nSPS) is 18.7. The number of hydrogen-bond acceptors (Lipinski definition) is 10. The minimum Gasteiger partial charge on any atom is -0.458 e. The smallest absolute Gasteiger partial charge is 0.306 e. The summed E-state index contributed by atoms with van der Waals surface area (Å²) in [5.41, 5.74) is 0. The van der Waals surface area contributed by atoms with Crippen LogP contribution in [0.5, 0.6) is 0 Å². The second-order valence-corrected chi connectivity index (χ2v) is 8.83. The van der Waals surface area contributed by atoms with Gasteiger partial charge in [-0.15, -0.1) is 20.2 Å². The molecule has 3 atom stereocenters. The van der Waals surface area contributed by atoms with Crippen molar-refractivity contribution >= 4 is 11.8 Å². The van der Waals surface area contributed by atoms with E-state index < -0.39 is 41.6 Å². The van der Waals surface area contributed by atoms with Gasteiger partial charge in [0.1, 0.15) is 25.1 Å². The Kier molecular flexibility index (Phi) is 15.3. The lowest BCUT2D eigenvalue weighted by Gasteiger charge is -2.16. The number of carbonyl (C=O) groups excluding carboxylic acids is 2. The zero-order valence-electron chi connectivity index (χ0n) is 20.4. The van der Waals surface area contributed by atoms with Gasteiger partial charge in [0.05, 0.1) is 6.10 Å². The zero-order chi connectivity index (χ0) is 26.1. The third kappa shape index (κ3) is 14.3. The average molecular weight is 503 g/mol. The van der Waals surface area contributed by atoms with E-state index in [0.717, 1.165) is 57.8 Å². The quantitative estimate of drug-likeness (QED) is 0.0850. The van der Waals surface area contributed by atoms with Crippen LogP contribution in [0.4, 0.5) is 0 Å². The minimum absolute atomic E-state index is 0.0250. The summed E-state index contributed by atoms with van der Waals surface area (Å²) in [6.07, 6.45) is 11.2. The molecule has 0 aromatic heterocycles. The van der Waals surface area contributed by atoms with Crippen molar-refractivity contribution < 1.29 is 39.3 Å². The van der Waals surface area contributed by atoms with Crippen LogP contribution in [-0.2, 0) is 24.0 Å². The minimum atomic E-state index is -1.26. The highest BCUT2D eigenvalue weighted by molar-refractivity contribution is 5.83. The van der Waals surface area contributed by atoms with E-state index >= 15 is 0 Å². The average Bonchev–Trinajstić information content (AvgIpc) is 3.15. The zero-order valence-corrected chi connectivity index (χ0v) is 20.4. The Morgan fingerprint density at radius 2 is 1.74 bits per heavy atom. The molecule has 35 heavy (non-hydrogen) atoms. The third-order valence-electron chi connectivity index (χ3n) is 6.01. The molecule has 0 saturated heterocycles. The molecule has 0 bridgehead atoms. The molecule has 1 N–H and O–H groups in total. The van der Waals surface area contributed by atoms with Crippen LogP contribution in [0.1, 0.15) is 84.0 Å². The Morgan fingerprint density at radius 3 is 2.37 bits per heavy atom. The Balaban J connectivity index is 2.29. The van der Waals surface area contributed by atoms with E-state index in [2.05, 4.69) is 16.6 Å². The molecule has 0 heterocycles. The molecule has 12 nitrogen and oxygen atoms in total. The highest BCUT2D eigenvalue weighted by atomic mass is 17.0. The molecule has 1 fully saturated rings. The monoisotopic (exact) mass is 502 g/mol. The van der Waals surface area contributed by atoms with Crippen LogP contribution in [0.25, 0.3) is 0 Å². The van der Waals surface area contributed by atoms with Crippen molar-refractivity contribution in [2.45, 2.75) is 96.2 Å². The molecule has 0 unspecified atom stereocenters. The molecular weight excluding hydrogens is 464 g/mol. The molecule has 0 aliphatic heterocycles. The third-order valence-corrected chi connectivity index (χ3v) is 6.01. The van der Waals surface area contributed by atoms with Crippen LogP contribution in [0, 0.1) is 32.1 Å². The summed E-state index contributed by atoms with van der Waals surface area (Å²) in [6, 6.07) is 0. The van der Waals surface area contributed by atoms with Crippen LogP contribution >= 0.6 is 0 Å². The standard InChI is InChI=1S/C23H38N2O10/c1-2-3-6-9-19(26)14-12-18-13-15-22(27)21(18)10-7-4-5-8-11-23(28)35-20(16-33-24(29)30)17-34-25(31)32/h12,14,18-21,26H,2-11,13,15-17H2,1H3/b14-12+/t18-,19-,21+/m0/s1. The summed E-state index contributed by atoms with van der Waals surface area (Å²) in [5, 5.41) is 28.5. The van der Waals surface area contributed by atoms with Gasteiger partial charge in [-0.05, 0) is 31.6 Å². The van der Waals surface area contributed by atoms with E-state index in [1.807, 2.05) is 12.2 Å². The van der Waals surface area contributed by atoms with Crippen LogP contribution in [0.3, 0.4) is 0 Å². The number of esters is 1. The summed E-state index contributed by atoms with van der Waals surface area (Å²) in [6.45, 7) is 0.800. The predicted molar refractivity (Wildman–Crippen MR) is 124 cm³/mol. The SMILES string of the molecule is CCCCC[C@H](O)/C=C/[C@H]1CCC(=O)[C@@H]1CCCCCCC(=O)OC(CO[N+](=O)[O-])CO[N+](=O)[O-]. The van der Waals surface area contributed by atoms with Gasteiger partial charge in [0.25, 0.3) is 10.2 Å². The van der Waals surface area contributed by atoms with E-state index in [1.54, 1.807) is 0 Å². The fraction of sp³-hybridized carbons (Fsp3) is 0.826. The van der Waals surface area contributed by atoms with Gasteiger partial charge in [-0.1, -0.05) is 57.6 Å². The molecule has 0 radical (unpaired) electrons. The van der Waals surface area contributed by atoms with Crippen molar-refractivity contribution in [3.63, 3.8) is 0 Å². The molecule has 1 aliphatic carbocycles. The summed E-state index contributed by atoms with van der Waals surface area (Å²) in [7, 11) is 0. The van der Waals surface area contributed by atoms with E-state index in [-0.39, 0.29) is 24.0 Å². The maximum atomic E-state index is 12.3. The molecule has 1 aliphatic rings. The molecule has 0 spiro atoms. The van der Waals surface area contributed by atoms with Crippen LogP contribution in [0.2, 0.25) is 0 Å². The fourth-order valence-corrected chi connectivity index (χ4v) is 4.15. The number of ether oxygens (including phenoxy) is 1. The molecule has 200 valence electrons. The molecule has 0 amide bonds. The number of aliphatic hydroxyl groups is 1. The number of carbonyl (C=O) groups is 2. The Hall–Kier alpha value is -2.76. The lowest BCUT2D eigenvalue weighted by atomic mass is 9.89. The first-order valence-electron chi connectivity index (χ1n) is 12.4. The first kappa shape index (κ1) is 30.3. The highest BCUT2D eigenvalue weighted by Crippen LogP contribution is 2.34.